The monoisotopic (exact) mass is 366 g/mol. The smallest absolute Gasteiger partial charge is 0.272 e. The Morgan fingerprint density at radius 1 is 1.37 bits per heavy atom. The molecule has 1 fully saturated rings. The number of morpholine rings is 1. The van der Waals surface area contributed by atoms with Crippen LogP contribution >= 0.6 is 0 Å². The number of ether oxygens (including phenoxy) is 2. The Kier molecular flexibility index (Phi) is 4.77. The average molecular weight is 366 g/mol. The second-order valence-electron chi connectivity index (χ2n) is 6.64. The molecule has 0 aliphatic carbocycles. The van der Waals surface area contributed by atoms with E-state index >= 15 is 0 Å². The lowest BCUT2D eigenvalue weighted by Crippen LogP contribution is -2.46. The highest BCUT2D eigenvalue weighted by Crippen LogP contribution is 2.19. The Balaban J connectivity index is 1.52. The van der Waals surface area contributed by atoms with Crippen molar-refractivity contribution in [1.82, 2.24) is 19.3 Å². The number of hydrogen-bond donors (Lipinski definition) is 0. The largest absolute Gasteiger partial charge is 0.497 e. The molecule has 3 aromatic rings. The summed E-state index contributed by atoms with van der Waals surface area (Å²) >= 11 is 0. The van der Waals surface area contributed by atoms with E-state index in [1.165, 1.54) is 0 Å². The average Bonchev–Trinajstić information content (AvgIpc) is 3.03. The van der Waals surface area contributed by atoms with Gasteiger partial charge in [0.05, 0.1) is 25.5 Å². The molecule has 2 aromatic heterocycles. The first-order valence-corrected chi connectivity index (χ1v) is 8.99. The summed E-state index contributed by atoms with van der Waals surface area (Å²) in [6.45, 7) is 3.48. The molecule has 1 amide bonds. The van der Waals surface area contributed by atoms with Crippen molar-refractivity contribution in [2.24, 2.45) is 0 Å². The van der Waals surface area contributed by atoms with Crippen LogP contribution < -0.4 is 4.74 Å². The number of amides is 1. The molecular formula is C20H22N4O3. The van der Waals surface area contributed by atoms with Crippen molar-refractivity contribution in [2.45, 2.75) is 19.4 Å². The molecule has 1 aromatic carbocycles. The lowest BCUT2D eigenvalue weighted by atomic mass is 10.1. The van der Waals surface area contributed by atoms with Crippen LogP contribution in [0, 0.1) is 6.92 Å². The summed E-state index contributed by atoms with van der Waals surface area (Å²) in [7, 11) is 1.66. The Morgan fingerprint density at radius 2 is 2.26 bits per heavy atom. The summed E-state index contributed by atoms with van der Waals surface area (Å²) in [4.78, 5) is 23.6. The van der Waals surface area contributed by atoms with Gasteiger partial charge in [-0.1, -0.05) is 12.1 Å². The molecule has 0 bridgehead atoms. The third-order valence-corrected chi connectivity index (χ3v) is 4.80. The van der Waals surface area contributed by atoms with Crippen molar-refractivity contribution in [3.63, 3.8) is 0 Å². The van der Waals surface area contributed by atoms with E-state index in [1.54, 1.807) is 23.8 Å². The number of imidazole rings is 1. The number of rotatable bonds is 4. The number of carbonyl (C=O) groups excluding carboxylic acids is 1. The number of carbonyl (C=O) groups is 1. The van der Waals surface area contributed by atoms with Gasteiger partial charge in [-0.25, -0.2) is 9.97 Å². The molecule has 7 nitrogen and oxygen atoms in total. The normalized spacial score (nSPS) is 17.3. The molecule has 1 aliphatic heterocycles. The number of methoxy groups -OCH3 is 1. The zero-order chi connectivity index (χ0) is 18.8. The fourth-order valence-corrected chi connectivity index (χ4v) is 3.49. The molecule has 0 radical (unpaired) electrons. The second kappa shape index (κ2) is 7.36. The van der Waals surface area contributed by atoms with Gasteiger partial charge in [0.2, 0.25) is 5.78 Å². The van der Waals surface area contributed by atoms with Crippen molar-refractivity contribution >= 4 is 11.7 Å². The van der Waals surface area contributed by atoms with E-state index in [0.717, 1.165) is 17.7 Å². The SMILES string of the molecule is COc1cccc(C[C@H]2CN(C(=O)c3c(C)nc4ncccn34)CCO2)c1. The standard InChI is InChI=1S/C20H22N4O3/c1-14-18(24-8-4-7-21-20(24)22-14)19(25)23-9-10-27-17(13-23)12-15-5-3-6-16(11-15)26-2/h3-8,11,17H,9-10,12-13H2,1-2H3/t17-/m0/s1. The summed E-state index contributed by atoms with van der Waals surface area (Å²) in [5, 5.41) is 0. The van der Waals surface area contributed by atoms with E-state index in [2.05, 4.69) is 9.97 Å². The number of nitrogens with zero attached hydrogens (tertiary/aromatic N) is 4. The van der Waals surface area contributed by atoms with Crippen LogP contribution in [0.4, 0.5) is 0 Å². The molecular weight excluding hydrogens is 344 g/mol. The van der Waals surface area contributed by atoms with Crippen LogP contribution in [0.3, 0.4) is 0 Å². The number of fused-ring (bicyclic) bond motifs is 1. The summed E-state index contributed by atoms with van der Waals surface area (Å²) in [6.07, 6.45) is 4.18. The van der Waals surface area contributed by atoms with E-state index in [9.17, 15) is 4.79 Å². The zero-order valence-corrected chi connectivity index (χ0v) is 15.5. The third kappa shape index (κ3) is 3.50. The van der Waals surface area contributed by atoms with E-state index in [-0.39, 0.29) is 12.0 Å². The topological polar surface area (TPSA) is 69.0 Å². The molecule has 140 valence electrons. The number of hydrogen-bond acceptors (Lipinski definition) is 5. The quantitative estimate of drug-likeness (QED) is 0.708. The first-order chi connectivity index (χ1) is 13.2. The first kappa shape index (κ1) is 17.5. The van der Waals surface area contributed by atoms with Crippen molar-refractivity contribution < 1.29 is 14.3 Å². The predicted octanol–water partition coefficient (Wildman–Crippen LogP) is 2.13. The van der Waals surface area contributed by atoms with Gasteiger partial charge < -0.3 is 14.4 Å². The molecule has 1 atom stereocenters. The maximum absolute atomic E-state index is 13.2. The van der Waals surface area contributed by atoms with Crippen LogP contribution in [0.5, 0.6) is 5.75 Å². The van der Waals surface area contributed by atoms with Crippen molar-refractivity contribution in [2.75, 3.05) is 26.8 Å². The zero-order valence-electron chi connectivity index (χ0n) is 15.5. The molecule has 1 saturated heterocycles. The highest BCUT2D eigenvalue weighted by atomic mass is 16.5. The summed E-state index contributed by atoms with van der Waals surface area (Å²) in [5.74, 6) is 1.33. The van der Waals surface area contributed by atoms with Gasteiger partial charge in [0.15, 0.2) is 0 Å². The van der Waals surface area contributed by atoms with Gasteiger partial charge in [0, 0.05) is 31.9 Å². The molecule has 0 spiro atoms. The highest BCUT2D eigenvalue weighted by molar-refractivity contribution is 5.94. The number of benzene rings is 1. The minimum Gasteiger partial charge on any atom is -0.497 e. The van der Waals surface area contributed by atoms with Gasteiger partial charge >= 0.3 is 0 Å². The van der Waals surface area contributed by atoms with Gasteiger partial charge in [-0.05, 0) is 30.7 Å². The first-order valence-electron chi connectivity index (χ1n) is 8.99. The molecule has 0 N–H and O–H groups in total. The fraction of sp³-hybridized carbons (Fsp3) is 0.350. The Morgan fingerprint density at radius 3 is 3.11 bits per heavy atom. The van der Waals surface area contributed by atoms with E-state index < -0.39 is 0 Å². The summed E-state index contributed by atoms with van der Waals surface area (Å²) < 4.78 is 12.9. The molecule has 0 unspecified atom stereocenters. The maximum atomic E-state index is 13.2. The lowest BCUT2D eigenvalue weighted by molar-refractivity contribution is -0.0210. The van der Waals surface area contributed by atoms with Gasteiger partial charge in [-0.15, -0.1) is 0 Å². The van der Waals surface area contributed by atoms with Crippen LogP contribution in [0.2, 0.25) is 0 Å². The minimum absolute atomic E-state index is 0.0352. The fourth-order valence-electron chi connectivity index (χ4n) is 3.49. The molecule has 0 saturated carbocycles. The molecule has 1 aliphatic rings. The molecule has 7 heteroatoms. The van der Waals surface area contributed by atoms with Gasteiger partial charge in [0.25, 0.3) is 5.91 Å². The van der Waals surface area contributed by atoms with Gasteiger partial charge in [-0.2, -0.15) is 0 Å². The summed E-state index contributed by atoms with van der Waals surface area (Å²) in [6, 6.07) is 9.74. The summed E-state index contributed by atoms with van der Waals surface area (Å²) in [5.41, 5.74) is 2.39. The molecule has 4 rings (SSSR count). The van der Waals surface area contributed by atoms with E-state index in [4.69, 9.17) is 9.47 Å². The van der Waals surface area contributed by atoms with Gasteiger partial charge in [-0.3, -0.25) is 9.20 Å². The Hall–Kier alpha value is -2.93. The number of aromatic nitrogens is 3. The minimum atomic E-state index is -0.0487. The number of aryl methyl sites for hydroxylation is 1. The van der Waals surface area contributed by atoms with Crippen LogP contribution in [0.15, 0.2) is 42.7 Å². The van der Waals surface area contributed by atoms with Gasteiger partial charge in [0.1, 0.15) is 11.4 Å². The highest BCUT2D eigenvalue weighted by Gasteiger charge is 2.28. The van der Waals surface area contributed by atoms with Crippen LogP contribution in [-0.2, 0) is 11.2 Å². The van der Waals surface area contributed by atoms with Crippen LogP contribution in [0.1, 0.15) is 21.7 Å². The second-order valence-corrected chi connectivity index (χ2v) is 6.64. The van der Waals surface area contributed by atoms with Crippen LogP contribution in [-0.4, -0.2) is 58.1 Å². The molecule has 27 heavy (non-hydrogen) atoms. The predicted molar refractivity (Wildman–Crippen MR) is 100 cm³/mol. The van der Waals surface area contributed by atoms with Crippen molar-refractivity contribution in [3.8, 4) is 5.75 Å². The van der Waals surface area contributed by atoms with E-state index in [1.807, 2.05) is 42.3 Å². The lowest BCUT2D eigenvalue weighted by Gasteiger charge is -2.33. The third-order valence-electron chi connectivity index (χ3n) is 4.80. The maximum Gasteiger partial charge on any atom is 0.272 e. The van der Waals surface area contributed by atoms with Crippen LogP contribution in [0.25, 0.3) is 5.78 Å². The van der Waals surface area contributed by atoms with E-state index in [0.29, 0.717) is 36.9 Å². The van der Waals surface area contributed by atoms with Crippen molar-refractivity contribution in [3.05, 3.63) is 59.7 Å². The Bertz CT molecular complexity index is 969. The van der Waals surface area contributed by atoms with Crippen molar-refractivity contribution in [1.29, 1.82) is 0 Å². The molecule has 3 heterocycles. The Labute approximate surface area is 157 Å².